The van der Waals surface area contributed by atoms with Gasteiger partial charge in [-0.2, -0.15) is 0 Å². The van der Waals surface area contributed by atoms with Gasteiger partial charge in [0.1, 0.15) is 11.4 Å². The Balaban J connectivity index is 1.93. The Kier molecular flexibility index (Phi) is 6.00. The van der Waals surface area contributed by atoms with E-state index in [0.717, 1.165) is 4.57 Å². The van der Waals surface area contributed by atoms with Crippen LogP contribution in [0.5, 0.6) is 0 Å². The van der Waals surface area contributed by atoms with Crippen molar-refractivity contribution in [2.24, 2.45) is 14.1 Å². The molecule has 0 spiro atoms. The van der Waals surface area contributed by atoms with E-state index in [4.69, 9.17) is 9.15 Å². The van der Waals surface area contributed by atoms with Crippen LogP contribution < -0.4 is 16.6 Å². The highest BCUT2D eigenvalue weighted by molar-refractivity contribution is 8.00. The first-order chi connectivity index (χ1) is 13.4. The van der Waals surface area contributed by atoms with Crippen molar-refractivity contribution in [2.45, 2.75) is 18.0 Å². The summed E-state index contributed by atoms with van der Waals surface area (Å²) in [6.07, 6.45) is 3.10. The van der Waals surface area contributed by atoms with Gasteiger partial charge in [-0.15, -0.1) is 11.8 Å². The topological polar surface area (TPSA) is 108 Å². The van der Waals surface area contributed by atoms with Gasteiger partial charge in [0.05, 0.1) is 30.6 Å². The lowest BCUT2D eigenvalue weighted by Gasteiger charge is -2.14. The number of methoxy groups -OCH3 is 1. The molecule has 3 heterocycles. The Hall–Kier alpha value is -2.85. The number of carbonyl (C=O) groups excluding carboxylic acids is 1. The zero-order valence-electron chi connectivity index (χ0n) is 15.7. The Labute approximate surface area is 164 Å². The molecule has 3 aromatic rings. The summed E-state index contributed by atoms with van der Waals surface area (Å²) in [5, 5.41) is 3.06. The van der Waals surface area contributed by atoms with Crippen molar-refractivity contribution in [2.75, 3.05) is 12.9 Å². The van der Waals surface area contributed by atoms with Crippen LogP contribution in [0.15, 0.2) is 43.5 Å². The molecule has 0 aliphatic carbocycles. The first-order valence-corrected chi connectivity index (χ1v) is 9.41. The van der Waals surface area contributed by atoms with Crippen molar-refractivity contribution in [1.82, 2.24) is 19.4 Å². The third-order valence-electron chi connectivity index (χ3n) is 4.18. The Morgan fingerprint density at radius 1 is 1.32 bits per heavy atom. The van der Waals surface area contributed by atoms with E-state index in [-0.39, 0.29) is 30.5 Å². The number of hydrogen-bond donors (Lipinski definition) is 1. The third kappa shape index (κ3) is 3.87. The molecule has 0 aromatic carbocycles. The van der Waals surface area contributed by atoms with E-state index in [1.165, 1.54) is 36.7 Å². The van der Waals surface area contributed by atoms with Crippen LogP contribution in [0.25, 0.3) is 11.0 Å². The Morgan fingerprint density at radius 2 is 2.11 bits per heavy atom. The lowest BCUT2D eigenvalue weighted by molar-refractivity contribution is -0.118. The zero-order chi connectivity index (χ0) is 20.3. The zero-order valence-corrected chi connectivity index (χ0v) is 16.5. The molecule has 0 atom stereocenters. The number of ether oxygens (including phenoxy) is 1. The molecule has 3 aromatic heterocycles. The summed E-state index contributed by atoms with van der Waals surface area (Å²) in [5.41, 5.74) is 0.0275. The highest BCUT2D eigenvalue weighted by Crippen LogP contribution is 2.28. The largest absolute Gasteiger partial charge is 0.467 e. The maximum atomic E-state index is 12.7. The molecule has 1 amide bonds. The SMILES string of the molecule is COCc1cnc2c(c1SCC(=O)NCc1ccco1)c(=O)n(C)c(=O)n2C. The van der Waals surface area contributed by atoms with E-state index in [1.807, 2.05) is 0 Å². The predicted molar refractivity (Wildman–Crippen MR) is 104 cm³/mol. The maximum absolute atomic E-state index is 12.7. The van der Waals surface area contributed by atoms with Crippen molar-refractivity contribution in [1.29, 1.82) is 0 Å². The van der Waals surface area contributed by atoms with Crippen LogP contribution in [-0.4, -0.2) is 32.9 Å². The lowest BCUT2D eigenvalue weighted by atomic mass is 10.2. The highest BCUT2D eigenvalue weighted by atomic mass is 32.2. The minimum absolute atomic E-state index is 0.0858. The van der Waals surface area contributed by atoms with Gasteiger partial charge in [0.15, 0.2) is 0 Å². The van der Waals surface area contributed by atoms with Crippen molar-refractivity contribution in [3.8, 4) is 0 Å². The second-order valence-electron chi connectivity index (χ2n) is 6.09. The quantitative estimate of drug-likeness (QED) is 0.580. The second-order valence-corrected chi connectivity index (χ2v) is 7.08. The van der Waals surface area contributed by atoms with Gasteiger partial charge in [-0.3, -0.25) is 18.7 Å². The average Bonchev–Trinajstić information content (AvgIpc) is 3.21. The van der Waals surface area contributed by atoms with Crippen LogP contribution in [0, 0.1) is 0 Å². The number of aryl methyl sites for hydroxylation is 1. The predicted octanol–water partition coefficient (Wildman–Crippen LogP) is 0.780. The number of carbonyl (C=O) groups is 1. The molecule has 3 rings (SSSR count). The minimum atomic E-state index is -0.461. The van der Waals surface area contributed by atoms with Gasteiger partial charge in [0.25, 0.3) is 5.56 Å². The molecule has 148 valence electrons. The molecule has 0 fully saturated rings. The molecule has 0 radical (unpaired) electrons. The number of thioether (sulfide) groups is 1. The fraction of sp³-hybridized carbons (Fsp3) is 0.333. The van der Waals surface area contributed by atoms with Crippen LogP contribution in [0.1, 0.15) is 11.3 Å². The summed E-state index contributed by atoms with van der Waals surface area (Å²) in [5.74, 6) is 0.524. The standard InChI is InChI=1S/C18H20N4O5S/c1-21-16-14(17(24)22(2)18(21)25)15(11(7-20-16)9-26-3)28-10-13(23)19-8-12-5-4-6-27-12/h4-7H,8-10H2,1-3H3,(H,19,23). The number of hydrogen-bond acceptors (Lipinski definition) is 7. The molecule has 28 heavy (non-hydrogen) atoms. The average molecular weight is 404 g/mol. The number of furan rings is 1. The fourth-order valence-corrected chi connectivity index (χ4v) is 3.75. The van der Waals surface area contributed by atoms with Crippen molar-refractivity contribution in [3.63, 3.8) is 0 Å². The molecular weight excluding hydrogens is 384 g/mol. The van der Waals surface area contributed by atoms with Gasteiger partial charge < -0.3 is 14.5 Å². The first-order valence-electron chi connectivity index (χ1n) is 8.42. The fourth-order valence-electron chi connectivity index (χ4n) is 2.75. The van der Waals surface area contributed by atoms with E-state index in [9.17, 15) is 14.4 Å². The van der Waals surface area contributed by atoms with Crippen LogP contribution in [-0.2, 0) is 36.8 Å². The van der Waals surface area contributed by atoms with Gasteiger partial charge in [-0.05, 0) is 12.1 Å². The molecule has 0 aliphatic heterocycles. The number of pyridine rings is 1. The Bertz CT molecular complexity index is 1120. The minimum Gasteiger partial charge on any atom is -0.467 e. The van der Waals surface area contributed by atoms with E-state index in [2.05, 4.69) is 10.3 Å². The number of fused-ring (bicyclic) bond motifs is 1. The van der Waals surface area contributed by atoms with Crippen LogP contribution in [0.4, 0.5) is 0 Å². The lowest BCUT2D eigenvalue weighted by Crippen LogP contribution is -2.37. The van der Waals surface area contributed by atoms with Gasteiger partial charge in [-0.25, -0.2) is 9.78 Å². The van der Waals surface area contributed by atoms with E-state index < -0.39 is 11.2 Å². The number of nitrogens with one attached hydrogen (secondary N) is 1. The van der Waals surface area contributed by atoms with Gasteiger partial charge in [0, 0.05) is 37.9 Å². The summed E-state index contributed by atoms with van der Waals surface area (Å²) >= 11 is 1.21. The van der Waals surface area contributed by atoms with Gasteiger partial charge in [0.2, 0.25) is 5.91 Å². The summed E-state index contributed by atoms with van der Waals surface area (Å²) < 4.78 is 12.7. The van der Waals surface area contributed by atoms with Crippen molar-refractivity contribution < 1.29 is 13.9 Å². The summed E-state index contributed by atoms with van der Waals surface area (Å²) in [7, 11) is 4.50. The van der Waals surface area contributed by atoms with Crippen molar-refractivity contribution in [3.05, 3.63) is 56.8 Å². The molecule has 9 nitrogen and oxygen atoms in total. The molecule has 0 saturated heterocycles. The molecular formula is C18H20N4O5S. The van der Waals surface area contributed by atoms with E-state index in [1.54, 1.807) is 25.4 Å². The molecule has 0 aliphatic rings. The maximum Gasteiger partial charge on any atom is 0.332 e. The van der Waals surface area contributed by atoms with E-state index >= 15 is 0 Å². The smallest absolute Gasteiger partial charge is 0.332 e. The third-order valence-corrected chi connectivity index (χ3v) is 5.34. The summed E-state index contributed by atoms with van der Waals surface area (Å²) in [6.45, 7) is 0.510. The molecule has 1 N–H and O–H groups in total. The summed E-state index contributed by atoms with van der Waals surface area (Å²) in [4.78, 5) is 42.0. The molecule has 0 saturated carbocycles. The molecule has 0 unspecified atom stereocenters. The molecule has 0 bridgehead atoms. The highest BCUT2D eigenvalue weighted by Gasteiger charge is 2.18. The molecule has 10 heteroatoms. The second kappa shape index (κ2) is 8.44. The number of aromatic nitrogens is 3. The van der Waals surface area contributed by atoms with Gasteiger partial charge in [-0.1, -0.05) is 0 Å². The number of rotatable bonds is 7. The summed E-state index contributed by atoms with van der Waals surface area (Å²) in [6, 6.07) is 3.52. The van der Waals surface area contributed by atoms with Crippen LogP contribution >= 0.6 is 11.8 Å². The van der Waals surface area contributed by atoms with Gasteiger partial charge >= 0.3 is 5.69 Å². The number of amides is 1. The van der Waals surface area contributed by atoms with Crippen LogP contribution in [0.3, 0.4) is 0 Å². The van der Waals surface area contributed by atoms with Crippen molar-refractivity contribution >= 4 is 28.7 Å². The number of nitrogens with zero attached hydrogens (tertiary/aromatic N) is 3. The monoisotopic (exact) mass is 404 g/mol. The Morgan fingerprint density at radius 3 is 2.79 bits per heavy atom. The van der Waals surface area contributed by atoms with Crippen LogP contribution in [0.2, 0.25) is 0 Å². The normalized spacial score (nSPS) is 11.1. The first kappa shape index (κ1) is 19.9. The van der Waals surface area contributed by atoms with E-state index in [0.29, 0.717) is 21.6 Å².